The number of benzene rings is 1. The Balaban J connectivity index is 1.34. The summed E-state index contributed by atoms with van der Waals surface area (Å²) < 4.78 is 10.9. The van der Waals surface area contributed by atoms with Crippen LogP contribution in [0.25, 0.3) is 6.08 Å². The predicted molar refractivity (Wildman–Crippen MR) is 108 cm³/mol. The molecule has 1 aromatic carbocycles. The minimum atomic E-state index is -0.365. The molecular formula is C19H16N2O5S2. The monoisotopic (exact) mass is 416 g/mol. The van der Waals surface area contributed by atoms with Crippen LogP contribution in [0.4, 0.5) is 10.5 Å². The molecule has 3 heterocycles. The van der Waals surface area contributed by atoms with Crippen molar-refractivity contribution < 1.29 is 23.9 Å². The lowest BCUT2D eigenvalue weighted by Gasteiger charge is -2.19. The van der Waals surface area contributed by atoms with Crippen LogP contribution in [0, 0.1) is 0 Å². The first-order chi connectivity index (χ1) is 13.6. The molecule has 9 heteroatoms. The van der Waals surface area contributed by atoms with Crippen molar-refractivity contribution in [3.05, 3.63) is 45.5 Å². The summed E-state index contributed by atoms with van der Waals surface area (Å²) in [5.41, 5.74) is 0.570. The molecule has 0 radical (unpaired) electrons. The van der Waals surface area contributed by atoms with Gasteiger partial charge in [0.1, 0.15) is 13.2 Å². The van der Waals surface area contributed by atoms with Gasteiger partial charge in [-0.25, -0.2) is 0 Å². The van der Waals surface area contributed by atoms with Crippen LogP contribution in [0.5, 0.6) is 11.5 Å². The third-order valence-electron chi connectivity index (χ3n) is 4.08. The van der Waals surface area contributed by atoms with Gasteiger partial charge in [-0.3, -0.25) is 19.3 Å². The van der Waals surface area contributed by atoms with Gasteiger partial charge in [0, 0.05) is 29.6 Å². The number of amides is 3. The maximum Gasteiger partial charge on any atom is 0.293 e. The molecule has 28 heavy (non-hydrogen) atoms. The van der Waals surface area contributed by atoms with Crippen LogP contribution in [-0.4, -0.2) is 41.7 Å². The zero-order chi connectivity index (χ0) is 19.5. The molecule has 0 aliphatic carbocycles. The zero-order valence-corrected chi connectivity index (χ0v) is 16.3. The summed E-state index contributed by atoms with van der Waals surface area (Å²) in [6.07, 6.45) is 1.71. The number of imide groups is 1. The van der Waals surface area contributed by atoms with E-state index in [1.807, 2.05) is 17.5 Å². The molecule has 0 unspecified atom stereocenters. The molecule has 0 saturated carbocycles. The number of carbonyl (C=O) groups is 3. The van der Waals surface area contributed by atoms with Crippen molar-refractivity contribution in [1.29, 1.82) is 0 Å². The Labute approximate surface area is 169 Å². The maximum atomic E-state index is 12.4. The largest absolute Gasteiger partial charge is 0.486 e. The smallest absolute Gasteiger partial charge is 0.293 e. The summed E-state index contributed by atoms with van der Waals surface area (Å²) in [7, 11) is 0. The van der Waals surface area contributed by atoms with E-state index < -0.39 is 0 Å². The van der Waals surface area contributed by atoms with Gasteiger partial charge < -0.3 is 14.8 Å². The lowest BCUT2D eigenvalue weighted by Crippen LogP contribution is -2.31. The molecule has 1 saturated heterocycles. The number of anilines is 1. The summed E-state index contributed by atoms with van der Waals surface area (Å²) in [4.78, 5) is 39.2. The zero-order valence-electron chi connectivity index (χ0n) is 14.7. The van der Waals surface area contributed by atoms with Crippen LogP contribution >= 0.6 is 23.1 Å². The number of thioether (sulfide) groups is 1. The Morgan fingerprint density at radius 3 is 2.79 bits per heavy atom. The van der Waals surface area contributed by atoms with E-state index >= 15 is 0 Å². The predicted octanol–water partition coefficient (Wildman–Crippen LogP) is 3.58. The number of thiophene rings is 1. The topological polar surface area (TPSA) is 84.9 Å². The highest BCUT2D eigenvalue weighted by Crippen LogP contribution is 2.34. The minimum Gasteiger partial charge on any atom is -0.486 e. The third kappa shape index (κ3) is 4.05. The number of hydrogen-bond acceptors (Lipinski definition) is 7. The summed E-state index contributed by atoms with van der Waals surface area (Å²) in [6.45, 7) is 0.989. The summed E-state index contributed by atoms with van der Waals surface area (Å²) in [5.74, 6) is 0.557. The Bertz CT molecular complexity index is 955. The molecule has 3 amide bonds. The molecule has 1 N–H and O–H groups in total. The van der Waals surface area contributed by atoms with Crippen LogP contribution in [0.2, 0.25) is 0 Å². The molecule has 0 bridgehead atoms. The van der Waals surface area contributed by atoms with E-state index in [0.717, 1.165) is 21.5 Å². The first-order valence-corrected chi connectivity index (χ1v) is 10.3. The van der Waals surface area contributed by atoms with E-state index in [4.69, 9.17) is 9.47 Å². The number of fused-ring (bicyclic) bond motifs is 1. The maximum absolute atomic E-state index is 12.4. The lowest BCUT2D eigenvalue weighted by atomic mass is 10.2. The van der Waals surface area contributed by atoms with Crippen LogP contribution in [0.15, 0.2) is 40.6 Å². The number of nitrogens with zero attached hydrogens (tertiary/aromatic N) is 1. The molecule has 1 aromatic heterocycles. The molecular weight excluding hydrogens is 400 g/mol. The highest BCUT2D eigenvalue weighted by atomic mass is 32.2. The number of rotatable bonds is 5. The summed E-state index contributed by atoms with van der Waals surface area (Å²) in [6, 6.07) is 8.89. The van der Waals surface area contributed by atoms with Gasteiger partial charge in [-0.05, 0) is 41.4 Å². The van der Waals surface area contributed by atoms with Gasteiger partial charge >= 0.3 is 0 Å². The summed E-state index contributed by atoms with van der Waals surface area (Å²) in [5, 5.41) is 4.29. The van der Waals surface area contributed by atoms with Gasteiger partial charge in [0.25, 0.3) is 11.1 Å². The molecule has 144 valence electrons. The molecule has 4 rings (SSSR count). The second-order valence-corrected chi connectivity index (χ2v) is 7.98. The second kappa shape index (κ2) is 8.07. The minimum absolute atomic E-state index is 0.0127. The average molecular weight is 416 g/mol. The Hall–Kier alpha value is -2.78. The highest BCUT2D eigenvalue weighted by molar-refractivity contribution is 8.18. The van der Waals surface area contributed by atoms with Gasteiger partial charge in [-0.2, -0.15) is 0 Å². The lowest BCUT2D eigenvalue weighted by molar-refractivity contribution is -0.123. The first kappa shape index (κ1) is 18.6. The van der Waals surface area contributed by atoms with Crippen LogP contribution in [0.1, 0.15) is 11.3 Å². The average Bonchev–Trinajstić information content (AvgIpc) is 3.29. The number of hydrogen-bond donors (Lipinski definition) is 1. The SMILES string of the molecule is O=C(CCN1C(=O)SC(=Cc2cccs2)C1=O)Nc1ccc2c(c1)OCCO2. The van der Waals surface area contributed by atoms with Crippen LogP contribution in [-0.2, 0) is 9.59 Å². The van der Waals surface area contributed by atoms with E-state index in [1.54, 1.807) is 24.3 Å². The molecule has 2 aliphatic rings. The van der Waals surface area contributed by atoms with Crippen LogP contribution in [0.3, 0.4) is 0 Å². The third-order valence-corrected chi connectivity index (χ3v) is 5.81. The summed E-state index contributed by atoms with van der Waals surface area (Å²) >= 11 is 2.38. The first-order valence-electron chi connectivity index (χ1n) is 8.58. The van der Waals surface area contributed by atoms with Gasteiger partial charge in [0.15, 0.2) is 11.5 Å². The second-order valence-electron chi connectivity index (χ2n) is 6.01. The van der Waals surface area contributed by atoms with Crippen molar-refractivity contribution in [3.63, 3.8) is 0 Å². The Kier molecular flexibility index (Phi) is 5.36. The van der Waals surface area contributed by atoms with Crippen molar-refractivity contribution in [3.8, 4) is 11.5 Å². The van der Waals surface area contributed by atoms with E-state index in [0.29, 0.717) is 35.3 Å². The fourth-order valence-electron chi connectivity index (χ4n) is 2.75. The van der Waals surface area contributed by atoms with Crippen molar-refractivity contribution in [2.75, 3.05) is 25.1 Å². The standard InChI is InChI=1S/C19H16N2O5S2/c22-17(20-12-3-4-14-15(10-12)26-8-7-25-14)5-6-21-18(23)16(28-19(21)24)11-13-2-1-9-27-13/h1-4,9-11H,5-8H2,(H,20,22). The molecule has 2 aromatic rings. The van der Waals surface area contributed by atoms with Crippen molar-refractivity contribution >= 4 is 51.9 Å². The molecule has 1 fully saturated rings. The number of carbonyl (C=O) groups excluding carboxylic acids is 3. The molecule has 2 aliphatic heterocycles. The van der Waals surface area contributed by atoms with Gasteiger partial charge in [0.2, 0.25) is 5.91 Å². The quantitative estimate of drug-likeness (QED) is 0.750. The van der Waals surface area contributed by atoms with E-state index in [-0.39, 0.29) is 30.0 Å². The fourth-order valence-corrected chi connectivity index (χ4v) is 4.34. The van der Waals surface area contributed by atoms with E-state index in [9.17, 15) is 14.4 Å². The van der Waals surface area contributed by atoms with Gasteiger partial charge in [-0.15, -0.1) is 11.3 Å². The van der Waals surface area contributed by atoms with Gasteiger partial charge in [0.05, 0.1) is 4.91 Å². The fraction of sp³-hybridized carbons (Fsp3) is 0.211. The normalized spacial score (nSPS) is 17.3. The van der Waals surface area contributed by atoms with Crippen molar-refractivity contribution in [2.45, 2.75) is 6.42 Å². The van der Waals surface area contributed by atoms with E-state index in [1.165, 1.54) is 11.3 Å². The Morgan fingerprint density at radius 1 is 1.18 bits per heavy atom. The number of nitrogens with one attached hydrogen (secondary N) is 1. The van der Waals surface area contributed by atoms with E-state index in [2.05, 4.69) is 5.32 Å². The van der Waals surface area contributed by atoms with Gasteiger partial charge in [-0.1, -0.05) is 6.07 Å². The Morgan fingerprint density at radius 2 is 2.00 bits per heavy atom. The molecule has 0 atom stereocenters. The molecule has 7 nitrogen and oxygen atoms in total. The number of ether oxygens (including phenoxy) is 2. The molecule has 0 spiro atoms. The van der Waals surface area contributed by atoms with Crippen LogP contribution < -0.4 is 14.8 Å². The van der Waals surface area contributed by atoms with Crippen molar-refractivity contribution in [1.82, 2.24) is 4.90 Å². The highest BCUT2D eigenvalue weighted by Gasteiger charge is 2.35. The van der Waals surface area contributed by atoms with Crippen molar-refractivity contribution in [2.24, 2.45) is 0 Å².